The summed E-state index contributed by atoms with van der Waals surface area (Å²) in [5, 5.41) is 3.23. The van der Waals surface area contributed by atoms with Crippen LogP contribution in [0, 0.1) is 18.7 Å². The number of aromatic nitrogens is 2. The quantitative estimate of drug-likeness (QED) is 0.876. The zero-order valence-electron chi connectivity index (χ0n) is 10.5. The maximum atomic E-state index is 13.7. The van der Waals surface area contributed by atoms with Gasteiger partial charge < -0.3 is 5.32 Å². The van der Waals surface area contributed by atoms with Crippen molar-refractivity contribution < 1.29 is 4.39 Å². The highest BCUT2D eigenvalue weighted by atomic mass is 19.1. The van der Waals surface area contributed by atoms with E-state index in [0.29, 0.717) is 17.6 Å². The maximum Gasteiger partial charge on any atom is 0.186 e. The molecular weight excluding hydrogens is 217 g/mol. The van der Waals surface area contributed by atoms with Gasteiger partial charge >= 0.3 is 0 Å². The molecule has 1 aromatic rings. The van der Waals surface area contributed by atoms with Crippen LogP contribution in [0.1, 0.15) is 44.7 Å². The van der Waals surface area contributed by atoms with Crippen molar-refractivity contribution in [3.63, 3.8) is 0 Å². The Morgan fingerprint density at radius 1 is 1.41 bits per heavy atom. The van der Waals surface area contributed by atoms with E-state index >= 15 is 0 Å². The summed E-state index contributed by atoms with van der Waals surface area (Å²) in [6.45, 7) is 3.89. The highest BCUT2D eigenvalue weighted by molar-refractivity contribution is 5.38. The van der Waals surface area contributed by atoms with E-state index < -0.39 is 0 Å². The first-order valence-corrected chi connectivity index (χ1v) is 6.44. The van der Waals surface area contributed by atoms with Crippen LogP contribution in [0.5, 0.6) is 0 Å². The minimum Gasteiger partial charge on any atom is -0.365 e. The summed E-state index contributed by atoms with van der Waals surface area (Å²) in [6.07, 6.45) is 7.39. The molecule has 1 aliphatic carbocycles. The molecule has 1 aliphatic rings. The minimum atomic E-state index is -0.314. The molecule has 1 saturated carbocycles. The van der Waals surface area contributed by atoms with Gasteiger partial charge in [-0.2, -0.15) is 0 Å². The van der Waals surface area contributed by atoms with Crippen molar-refractivity contribution in [1.29, 1.82) is 0 Å². The molecule has 0 saturated heterocycles. The van der Waals surface area contributed by atoms with E-state index in [1.54, 1.807) is 6.92 Å². The lowest BCUT2D eigenvalue weighted by Gasteiger charge is -2.29. The number of nitrogens with one attached hydrogen (secondary N) is 1. The second-order valence-electron chi connectivity index (χ2n) is 4.90. The monoisotopic (exact) mass is 237 g/mol. The number of halogens is 1. The Morgan fingerprint density at radius 2 is 2.24 bits per heavy atom. The molecule has 94 valence electrons. The van der Waals surface area contributed by atoms with Crippen LogP contribution in [0.2, 0.25) is 0 Å². The lowest BCUT2D eigenvalue weighted by atomic mass is 9.84. The van der Waals surface area contributed by atoms with E-state index in [1.165, 1.54) is 25.6 Å². The van der Waals surface area contributed by atoms with Gasteiger partial charge in [0.2, 0.25) is 0 Å². The molecule has 0 spiro atoms. The SMILES string of the molecule is CCC1CCCC(Nc2ncnc(C)c2F)C1. The standard InChI is InChI=1S/C13H20FN3/c1-3-10-5-4-6-11(7-10)17-13-12(14)9(2)15-8-16-13/h8,10-11H,3-7H2,1-2H3,(H,15,16,17). The van der Waals surface area contributed by atoms with Gasteiger partial charge in [-0.25, -0.2) is 14.4 Å². The predicted octanol–water partition coefficient (Wildman–Crippen LogP) is 3.30. The summed E-state index contributed by atoms with van der Waals surface area (Å²) < 4.78 is 13.7. The van der Waals surface area contributed by atoms with Crippen molar-refractivity contribution >= 4 is 5.82 Å². The highest BCUT2D eigenvalue weighted by Crippen LogP contribution is 2.28. The van der Waals surface area contributed by atoms with Crippen LogP contribution in [0.25, 0.3) is 0 Å². The maximum absolute atomic E-state index is 13.7. The molecule has 2 atom stereocenters. The van der Waals surface area contributed by atoms with Gasteiger partial charge in [0.05, 0.1) is 5.69 Å². The fourth-order valence-corrected chi connectivity index (χ4v) is 2.54. The van der Waals surface area contributed by atoms with Crippen LogP contribution in [-0.4, -0.2) is 16.0 Å². The van der Waals surface area contributed by atoms with E-state index in [0.717, 1.165) is 18.8 Å². The van der Waals surface area contributed by atoms with Crippen LogP contribution in [0.4, 0.5) is 10.2 Å². The average molecular weight is 237 g/mol. The molecule has 1 aromatic heterocycles. The molecule has 0 aromatic carbocycles. The smallest absolute Gasteiger partial charge is 0.186 e. The van der Waals surface area contributed by atoms with Crippen LogP contribution < -0.4 is 5.32 Å². The van der Waals surface area contributed by atoms with Crippen LogP contribution in [0.15, 0.2) is 6.33 Å². The summed E-state index contributed by atoms with van der Waals surface area (Å²) in [5.74, 6) is 0.817. The Hall–Kier alpha value is -1.19. The molecule has 1 heterocycles. The zero-order valence-corrected chi connectivity index (χ0v) is 10.5. The largest absolute Gasteiger partial charge is 0.365 e. The number of hydrogen-bond donors (Lipinski definition) is 1. The van der Waals surface area contributed by atoms with Gasteiger partial charge in [0.25, 0.3) is 0 Å². The van der Waals surface area contributed by atoms with Gasteiger partial charge in [0.15, 0.2) is 11.6 Å². The Balaban J connectivity index is 2.02. The van der Waals surface area contributed by atoms with Gasteiger partial charge in [-0.15, -0.1) is 0 Å². The van der Waals surface area contributed by atoms with E-state index in [-0.39, 0.29) is 5.82 Å². The fourth-order valence-electron chi connectivity index (χ4n) is 2.54. The molecule has 3 nitrogen and oxygen atoms in total. The first-order chi connectivity index (χ1) is 8.20. The summed E-state index contributed by atoms with van der Waals surface area (Å²) in [4.78, 5) is 7.82. The van der Waals surface area contributed by atoms with Gasteiger partial charge in [-0.05, 0) is 25.7 Å². The lowest BCUT2D eigenvalue weighted by molar-refractivity contribution is 0.326. The van der Waals surface area contributed by atoms with Crippen molar-refractivity contribution in [2.45, 2.75) is 52.0 Å². The molecule has 0 amide bonds. The molecule has 0 aliphatic heterocycles. The highest BCUT2D eigenvalue weighted by Gasteiger charge is 2.22. The Bertz CT molecular complexity index is 381. The molecule has 2 rings (SSSR count). The van der Waals surface area contributed by atoms with E-state index in [2.05, 4.69) is 22.2 Å². The molecule has 2 unspecified atom stereocenters. The number of rotatable bonds is 3. The first kappa shape index (κ1) is 12.3. The Morgan fingerprint density at radius 3 is 3.00 bits per heavy atom. The van der Waals surface area contributed by atoms with Gasteiger partial charge in [-0.3, -0.25) is 0 Å². The topological polar surface area (TPSA) is 37.8 Å². The van der Waals surface area contributed by atoms with Crippen molar-refractivity contribution in [3.05, 3.63) is 17.8 Å². The number of nitrogens with zero attached hydrogens (tertiary/aromatic N) is 2. The third kappa shape index (κ3) is 2.93. The van der Waals surface area contributed by atoms with Gasteiger partial charge in [-0.1, -0.05) is 26.2 Å². The number of aryl methyl sites for hydroxylation is 1. The molecule has 17 heavy (non-hydrogen) atoms. The van der Waals surface area contributed by atoms with Crippen LogP contribution >= 0.6 is 0 Å². The normalized spacial score (nSPS) is 24.6. The predicted molar refractivity (Wildman–Crippen MR) is 66.4 cm³/mol. The molecule has 4 heteroatoms. The first-order valence-electron chi connectivity index (χ1n) is 6.44. The second kappa shape index (κ2) is 5.43. The second-order valence-corrected chi connectivity index (χ2v) is 4.90. The van der Waals surface area contributed by atoms with E-state index in [4.69, 9.17) is 0 Å². The molecular formula is C13H20FN3. The van der Waals surface area contributed by atoms with Gasteiger partial charge in [0.1, 0.15) is 6.33 Å². The average Bonchev–Trinajstić information content (AvgIpc) is 2.35. The summed E-state index contributed by atoms with van der Waals surface area (Å²) in [5.41, 5.74) is 0.408. The third-order valence-electron chi connectivity index (χ3n) is 3.66. The van der Waals surface area contributed by atoms with Crippen molar-refractivity contribution in [3.8, 4) is 0 Å². The van der Waals surface area contributed by atoms with Crippen molar-refractivity contribution in [2.75, 3.05) is 5.32 Å². The van der Waals surface area contributed by atoms with E-state index in [1.807, 2.05) is 0 Å². The van der Waals surface area contributed by atoms with Gasteiger partial charge in [0, 0.05) is 6.04 Å². The lowest BCUT2D eigenvalue weighted by Crippen LogP contribution is -2.28. The summed E-state index contributed by atoms with van der Waals surface area (Å²) >= 11 is 0. The van der Waals surface area contributed by atoms with E-state index in [9.17, 15) is 4.39 Å². The molecule has 0 bridgehead atoms. The summed E-state index contributed by atoms with van der Waals surface area (Å²) in [7, 11) is 0. The minimum absolute atomic E-state index is 0.314. The van der Waals surface area contributed by atoms with Crippen molar-refractivity contribution in [2.24, 2.45) is 5.92 Å². The fraction of sp³-hybridized carbons (Fsp3) is 0.692. The molecule has 1 fully saturated rings. The van der Waals surface area contributed by atoms with Crippen LogP contribution in [0.3, 0.4) is 0 Å². The van der Waals surface area contributed by atoms with Crippen molar-refractivity contribution in [1.82, 2.24) is 9.97 Å². The zero-order chi connectivity index (χ0) is 12.3. The Labute approximate surface area is 102 Å². The Kier molecular flexibility index (Phi) is 3.92. The third-order valence-corrected chi connectivity index (χ3v) is 3.66. The number of anilines is 1. The molecule has 1 N–H and O–H groups in total. The number of hydrogen-bond acceptors (Lipinski definition) is 3. The van der Waals surface area contributed by atoms with Crippen LogP contribution in [-0.2, 0) is 0 Å². The summed E-state index contributed by atoms with van der Waals surface area (Å²) in [6, 6.07) is 0.359. The molecule has 0 radical (unpaired) electrons.